The zero-order valence-electron chi connectivity index (χ0n) is 16.1. The molecular formula is C23H18N3O3S+. The molecule has 0 saturated carbocycles. The lowest BCUT2D eigenvalue weighted by Gasteiger charge is -2.29. The Morgan fingerprint density at radius 2 is 1.57 bits per heavy atom. The van der Waals surface area contributed by atoms with Gasteiger partial charge in [-0.25, -0.2) is 4.57 Å². The zero-order valence-corrected chi connectivity index (χ0v) is 16.9. The van der Waals surface area contributed by atoms with Gasteiger partial charge < -0.3 is 4.74 Å². The van der Waals surface area contributed by atoms with Gasteiger partial charge in [-0.05, 0) is 60.3 Å². The number of anilines is 1. The predicted octanol–water partition coefficient (Wildman–Crippen LogP) is 3.13. The summed E-state index contributed by atoms with van der Waals surface area (Å²) in [4.78, 5) is 26.8. The molecule has 1 aliphatic heterocycles. The first-order valence-electron chi connectivity index (χ1n) is 9.21. The summed E-state index contributed by atoms with van der Waals surface area (Å²) in [6.07, 6.45) is 5.23. The molecule has 2 amide bonds. The number of para-hydroxylation sites is 1. The summed E-state index contributed by atoms with van der Waals surface area (Å²) < 4.78 is 7.65. The normalized spacial score (nSPS) is 15.3. The molecule has 1 saturated heterocycles. The van der Waals surface area contributed by atoms with E-state index >= 15 is 0 Å². The maximum atomic E-state index is 13.1. The van der Waals surface area contributed by atoms with Gasteiger partial charge in [-0.1, -0.05) is 18.2 Å². The number of benzene rings is 2. The number of carbonyl (C=O) groups excluding carboxylic acids is 2. The Kier molecular flexibility index (Phi) is 5.36. The Morgan fingerprint density at radius 3 is 2.23 bits per heavy atom. The van der Waals surface area contributed by atoms with Crippen LogP contribution in [0.1, 0.15) is 5.56 Å². The number of thiocarbonyl (C=S) groups is 1. The fourth-order valence-corrected chi connectivity index (χ4v) is 3.24. The Morgan fingerprint density at radius 1 is 0.933 bits per heavy atom. The molecule has 6 nitrogen and oxygen atoms in total. The van der Waals surface area contributed by atoms with E-state index in [0.29, 0.717) is 17.2 Å². The van der Waals surface area contributed by atoms with Crippen LogP contribution in [0.2, 0.25) is 0 Å². The summed E-state index contributed by atoms with van der Waals surface area (Å²) in [7, 11) is 1.89. The molecule has 0 spiro atoms. The molecule has 2 heterocycles. The van der Waals surface area contributed by atoms with Gasteiger partial charge in [0.2, 0.25) is 0 Å². The molecular weight excluding hydrogens is 398 g/mol. The summed E-state index contributed by atoms with van der Waals surface area (Å²) in [5.74, 6) is 0.341. The lowest BCUT2D eigenvalue weighted by Crippen LogP contribution is -2.54. The van der Waals surface area contributed by atoms with Crippen molar-refractivity contribution in [2.24, 2.45) is 7.05 Å². The van der Waals surface area contributed by atoms with E-state index in [4.69, 9.17) is 17.0 Å². The highest BCUT2D eigenvalue weighted by atomic mass is 32.1. The van der Waals surface area contributed by atoms with Gasteiger partial charge in [0.25, 0.3) is 11.8 Å². The third kappa shape index (κ3) is 4.11. The predicted molar refractivity (Wildman–Crippen MR) is 117 cm³/mol. The molecule has 30 heavy (non-hydrogen) atoms. The number of aryl methyl sites for hydroxylation is 1. The molecule has 0 atom stereocenters. The van der Waals surface area contributed by atoms with Crippen LogP contribution in [-0.4, -0.2) is 16.9 Å². The van der Waals surface area contributed by atoms with Gasteiger partial charge in [-0.2, -0.15) is 0 Å². The molecule has 0 radical (unpaired) electrons. The van der Waals surface area contributed by atoms with Gasteiger partial charge in [0.15, 0.2) is 17.5 Å². The van der Waals surface area contributed by atoms with Crippen molar-refractivity contribution in [3.05, 3.63) is 90.3 Å². The number of amides is 2. The quantitative estimate of drug-likeness (QED) is 0.307. The molecule has 148 valence electrons. The highest BCUT2D eigenvalue weighted by Crippen LogP contribution is 2.27. The third-order valence-corrected chi connectivity index (χ3v) is 4.78. The Balaban J connectivity index is 1.59. The molecule has 2 aromatic carbocycles. The molecule has 3 aromatic rings. The number of hydrogen-bond donors (Lipinski definition) is 1. The van der Waals surface area contributed by atoms with Crippen molar-refractivity contribution < 1.29 is 18.9 Å². The van der Waals surface area contributed by atoms with E-state index in [-0.39, 0.29) is 10.7 Å². The van der Waals surface area contributed by atoms with Crippen molar-refractivity contribution in [3.8, 4) is 11.5 Å². The second kappa shape index (κ2) is 8.26. The topological polar surface area (TPSA) is 62.5 Å². The number of rotatable bonds is 4. The molecule has 1 aliphatic rings. The number of nitrogens with one attached hydrogen (secondary N) is 1. The van der Waals surface area contributed by atoms with Gasteiger partial charge in [-0.3, -0.25) is 19.8 Å². The van der Waals surface area contributed by atoms with Crippen LogP contribution < -0.4 is 19.5 Å². The Bertz CT molecular complexity index is 1140. The Hall–Kier alpha value is -3.84. The molecule has 1 N–H and O–H groups in total. The number of ether oxygens (including phenoxy) is 1. The monoisotopic (exact) mass is 416 g/mol. The van der Waals surface area contributed by atoms with Crippen molar-refractivity contribution in [1.82, 2.24) is 5.32 Å². The number of aromatic nitrogens is 1. The molecule has 0 aliphatic carbocycles. The lowest BCUT2D eigenvalue weighted by atomic mass is 10.1. The van der Waals surface area contributed by atoms with Crippen molar-refractivity contribution in [2.75, 3.05) is 4.90 Å². The van der Waals surface area contributed by atoms with E-state index in [2.05, 4.69) is 5.32 Å². The van der Waals surface area contributed by atoms with Crippen molar-refractivity contribution in [1.29, 1.82) is 0 Å². The fourth-order valence-electron chi connectivity index (χ4n) is 2.96. The fraction of sp³-hybridized carbons (Fsp3) is 0.0435. The van der Waals surface area contributed by atoms with E-state index in [1.165, 1.54) is 4.90 Å². The van der Waals surface area contributed by atoms with E-state index in [1.807, 2.05) is 66.5 Å². The Labute approximate surface area is 179 Å². The number of nitrogens with zero attached hydrogens (tertiary/aromatic N) is 2. The molecule has 1 aromatic heterocycles. The summed E-state index contributed by atoms with van der Waals surface area (Å²) in [6.45, 7) is 0. The van der Waals surface area contributed by atoms with E-state index in [0.717, 1.165) is 5.56 Å². The van der Waals surface area contributed by atoms with Crippen LogP contribution in [0, 0.1) is 0 Å². The first-order chi connectivity index (χ1) is 14.5. The minimum atomic E-state index is -0.515. The first kappa shape index (κ1) is 19.5. The number of carbonyl (C=O) groups is 2. The summed E-state index contributed by atoms with van der Waals surface area (Å²) in [5, 5.41) is 2.63. The minimum Gasteiger partial charge on any atom is -0.457 e. The number of pyridine rings is 1. The molecule has 0 unspecified atom stereocenters. The van der Waals surface area contributed by atoms with Crippen LogP contribution >= 0.6 is 12.2 Å². The van der Waals surface area contributed by atoms with Crippen LogP contribution in [0.3, 0.4) is 0 Å². The molecule has 0 bridgehead atoms. The molecule has 7 heteroatoms. The largest absolute Gasteiger partial charge is 0.457 e. The maximum Gasteiger partial charge on any atom is 0.270 e. The van der Waals surface area contributed by atoms with Crippen molar-refractivity contribution in [2.45, 2.75) is 0 Å². The second-order valence-electron chi connectivity index (χ2n) is 6.66. The van der Waals surface area contributed by atoms with Crippen LogP contribution in [0.4, 0.5) is 5.69 Å². The zero-order chi connectivity index (χ0) is 21.1. The van der Waals surface area contributed by atoms with Crippen molar-refractivity contribution in [3.63, 3.8) is 0 Å². The van der Waals surface area contributed by atoms with Crippen LogP contribution in [-0.2, 0) is 16.6 Å². The van der Waals surface area contributed by atoms with E-state index < -0.39 is 11.8 Å². The molecule has 4 rings (SSSR count). The highest BCUT2D eigenvalue weighted by molar-refractivity contribution is 7.80. The second-order valence-corrected chi connectivity index (χ2v) is 7.05. The standard InChI is InChI=1S/C23H17N3O3S/c1-25-13-11-16(12-14-25)15-20-21(27)24-23(30)26(22(20)28)17-7-9-19(10-8-17)29-18-5-3-2-4-6-18/h2-15H,1H3/p+1/b20-15+. The SMILES string of the molecule is C[n+]1ccc(/C=C2\C(=O)NC(=S)N(c3ccc(Oc4ccccc4)cc3)C2=O)cc1. The number of hydrogen-bond acceptors (Lipinski definition) is 4. The first-order valence-corrected chi connectivity index (χ1v) is 9.62. The third-order valence-electron chi connectivity index (χ3n) is 4.49. The average molecular weight is 416 g/mol. The smallest absolute Gasteiger partial charge is 0.270 e. The van der Waals surface area contributed by atoms with E-state index in [9.17, 15) is 9.59 Å². The van der Waals surface area contributed by atoms with Crippen LogP contribution in [0.15, 0.2) is 84.7 Å². The summed E-state index contributed by atoms with van der Waals surface area (Å²) in [6, 6.07) is 20.0. The van der Waals surface area contributed by atoms with Gasteiger partial charge in [-0.15, -0.1) is 0 Å². The van der Waals surface area contributed by atoms with E-state index in [1.54, 1.807) is 30.3 Å². The van der Waals surface area contributed by atoms with Gasteiger partial charge in [0, 0.05) is 12.1 Å². The van der Waals surface area contributed by atoms with Crippen LogP contribution in [0.5, 0.6) is 11.5 Å². The molecule has 1 fully saturated rings. The van der Waals surface area contributed by atoms with Gasteiger partial charge >= 0.3 is 0 Å². The highest BCUT2D eigenvalue weighted by Gasteiger charge is 2.34. The minimum absolute atomic E-state index is 0.0158. The summed E-state index contributed by atoms with van der Waals surface area (Å²) >= 11 is 5.25. The lowest BCUT2D eigenvalue weighted by molar-refractivity contribution is -0.671. The van der Waals surface area contributed by atoms with Gasteiger partial charge in [0.1, 0.15) is 24.1 Å². The van der Waals surface area contributed by atoms with Crippen LogP contribution in [0.25, 0.3) is 6.08 Å². The average Bonchev–Trinajstić information content (AvgIpc) is 2.74. The maximum absolute atomic E-state index is 13.1. The van der Waals surface area contributed by atoms with Crippen molar-refractivity contribution >= 4 is 40.9 Å². The summed E-state index contributed by atoms with van der Waals surface area (Å²) in [5.41, 5.74) is 1.30. The van der Waals surface area contributed by atoms with Gasteiger partial charge in [0.05, 0.1) is 5.69 Å².